The van der Waals surface area contributed by atoms with Crippen LogP contribution in [0.1, 0.15) is 44.0 Å². The molecule has 1 aliphatic rings. The second kappa shape index (κ2) is 7.75. The third kappa shape index (κ3) is 4.62. The average Bonchev–Trinajstić information content (AvgIpc) is 2.59. The van der Waals surface area contributed by atoms with Crippen LogP contribution < -0.4 is 4.72 Å². The molecule has 1 atom stereocenters. The van der Waals surface area contributed by atoms with E-state index in [4.69, 9.17) is 0 Å². The number of sulfonamides is 1. The molecule has 1 saturated heterocycles. The molecule has 8 heteroatoms. The maximum atomic E-state index is 12.7. The fraction of sp³-hybridized carbons (Fsp3) is 0.556. The number of carboxylic acids is 1. The van der Waals surface area contributed by atoms with Crippen molar-refractivity contribution in [1.82, 2.24) is 9.62 Å². The number of carboxylic acid groups (broad SMARTS) is 1. The highest BCUT2D eigenvalue weighted by Gasteiger charge is 2.39. The highest BCUT2D eigenvalue weighted by molar-refractivity contribution is 7.89. The molecule has 1 amide bonds. The van der Waals surface area contributed by atoms with Crippen molar-refractivity contribution < 1.29 is 23.1 Å². The molecular formula is C18H26N2O5S. The van der Waals surface area contributed by atoms with Crippen LogP contribution in [0.3, 0.4) is 0 Å². The van der Waals surface area contributed by atoms with Crippen LogP contribution in [0.25, 0.3) is 0 Å². The van der Waals surface area contributed by atoms with E-state index in [2.05, 4.69) is 4.72 Å². The van der Waals surface area contributed by atoms with Gasteiger partial charge in [0.25, 0.3) is 5.91 Å². The van der Waals surface area contributed by atoms with Gasteiger partial charge in [-0.05, 0) is 49.9 Å². The topological polar surface area (TPSA) is 104 Å². The summed E-state index contributed by atoms with van der Waals surface area (Å²) < 4.78 is 26.9. The predicted octanol–water partition coefficient (Wildman–Crippen LogP) is 1.95. The lowest BCUT2D eigenvalue weighted by Gasteiger charge is -2.37. The zero-order chi connectivity index (χ0) is 19.5. The average molecular weight is 382 g/mol. The van der Waals surface area contributed by atoms with Gasteiger partial charge in [0.1, 0.15) is 0 Å². The number of likely N-dealkylation sites (tertiary alicyclic amines) is 1. The number of nitrogens with one attached hydrogen (secondary N) is 1. The van der Waals surface area contributed by atoms with Gasteiger partial charge in [-0.3, -0.25) is 9.59 Å². The second-order valence-corrected chi connectivity index (χ2v) is 9.23. The molecule has 2 rings (SSSR count). The Bertz CT molecular complexity index is 773. The number of carbonyl (C=O) groups is 2. The van der Waals surface area contributed by atoms with E-state index in [0.29, 0.717) is 31.5 Å². The van der Waals surface area contributed by atoms with Crippen LogP contribution in [0, 0.1) is 11.3 Å². The van der Waals surface area contributed by atoms with E-state index in [1.807, 2.05) is 13.8 Å². The van der Waals surface area contributed by atoms with Gasteiger partial charge >= 0.3 is 5.97 Å². The number of benzene rings is 1. The number of carbonyl (C=O) groups excluding carboxylic acids is 1. The first-order valence-electron chi connectivity index (χ1n) is 8.67. The van der Waals surface area contributed by atoms with Gasteiger partial charge in [-0.1, -0.05) is 13.8 Å². The summed E-state index contributed by atoms with van der Waals surface area (Å²) in [4.78, 5) is 25.7. The highest BCUT2D eigenvalue weighted by atomic mass is 32.2. The minimum atomic E-state index is -3.61. The van der Waals surface area contributed by atoms with Gasteiger partial charge in [0.2, 0.25) is 10.0 Å². The molecule has 1 aliphatic heterocycles. The first-order valence-corrected chi connectivity index (χ1v) is 10.2. The SMILES string of the molecule is CC(C)CNS(=O)(=O)c1ccc(C(=O)N2CCCC(C)(C(=O)O)C2)cc1. The van der Waals surface area contributed by atoms with Crippen LogP contribution in [0.5, 0.6) is 0 Å². The third-order valence-corrected chi connectivity index (χ3v) is 6.03. The van der Waals surface area contributed by atoms with Crippen molar-refractivity contribution in [2.24, 2.45) is 11.3 Å². The summed E-state index contributed by atoms with van der Waals surface area (Å²) in [5.41, 5.74) is -0.597. The van der Waals surface area contributed by atoms with Gasteiger partial charge in [-0.15, -0.1) is 0 Å². The summed E-state index contributed by atoms with van der Waals surface area (Å²) in [5.74, 6) is -1.00. The molecule has 26 heavy (non-hydrogen) atoms. The smallest absolute Gasteiger partial charge is 0.311 e. The van der Waals surface area contributed by atoms with E-state index < -0.39 is 21.4 Å². The Balaban J connectivity index is 2.13. The van der Waals surface area contributed by atoms with Gasteiger partial charge in [0.05, 0.1) is 10.3 Å². The van der Waals surface area contributed by atoms with E-state index >= 15 is 0 Å². The summed E-state index contributed by atoms with van der Waals surface area (Å²) in [5, 5.41) is 9.37. The Morgan fingerprint density at radius 2 is 1.88 bits per heavy atom. The van der Waals surface area contributed by atoms with E-state index in [1.54, 1.807) is 6.92 Å². The van der Waals surface area contributed by atoms with E-state index in [1.165, 1.54) is 29.2 Å². The summed E-state index contributed by atoms with van der Waals surface area (Å²) in [6.07, 6.45) is 1.16. The molecule has 0 radical (unpaired) electrons. The maximum absolute atomic E-state index is 12.7. The van der Waals surface area contributed by atoms with Gasteiger partial charge in [0, 0.05) is 25.2 Å². The Kier molecular flexibility index (Phi) is 6.08. The largest absolute Gasteiger partial charge is 0.481 e. The first-order chi connectivity index (χ1) is 12.0. The van der Waals surface area contributed by atoms with Gasteiger partial charge in [-0.25, -0.2) is 13.1 Å². The lowest BCUT2D eigenvalue weighted by molar-refractivity contribution is -0.150. The van der Waals surface area contributed by atoms with Gasteiger partial charge in [-0.2, -0.15) is 0 Å². The fourth-order valence-corrected chi connectivity index (χ4v) is 4.12. The molecule has 1 unspecified atom stereocenters. The summed E-state index contributed by atoms with van der Waals surface area (Å²) >= 11 is 0. The molecule has 1 heterocycles. The number of amides is 1. The molecule has 7 nitrogen and oxygen atoms in total. The molecule has 2 N–H and O–H groups in total. The monoisotopic (exact) mass is 382 g/mol. The molecule has 0 spiro atoms. The zero-order valence-electron chi connectivity index (χ0n) is 15.4. The van der Waals surface area contributed by atoms with Crippen LogP contribution in [-0.4, -0.2) is 49.9 Å². The summed E-state index contributed by atoms with van der Waals surface area (Å²) in [6.45, 7) is 6.45. The Morgan fingerprint density at radius 1 is 1.27 bits per heavy atom. The molecule has 1 fully saturated rings. The van der Waals surface area contributed by atoms with Crippen LogP contribution in [0.4, 0.5) is 0 Å². The van der Waals surface area contributed by atoms with Crippen molar-refractivity contribution in [2.45, 2.75) is 38.5 Å². The number of piperidine rings is 1. The molecule has 0 aliphatic carbocycles. The molecule has 0 saturated carbocycles. The van der Waals surface area contributed by atoms with Crippen LogP contribution in [-0.2, 0) is 14.8 Å². The quantitative estimate of drug-likeness (QED) is 0.783. The highest BCUT2D eigenvalue weighted by Crippen LogP contribution is 2.30. The number of hydrogen-bond donors (Lipinski definition) is 2. The summed E-state index contributed by atoms with van der Waals surface area (Å²) in [6, 6.07) is 5.74. The van der Waals surface area contributed by atoms with Crippen molar-refractivity contribution in [2.75, 3.05) is 19.6 Å². The number of hydrogen-bond acceptors (Lipinski definition) is 4. The maximum Gasteiger partial charge on any atom is 0.311 e. The third-order valence-electron chi connectivity index (χ3n) is 4.59. The second-order valence-electron chi connectivity index (χ2n) is 7.47. The molecule has 1 aromatic carbocycles. The first kappa shape index (κ1) is 20.4. The molecule has 0 aromatic heterocycles. The number of rotatable bonds is 6. The van der Waals surface area contributed by atoms with E-state index in [0.717, 1.165) is 0 Å². The lowest BCUT2D eigenvalue weighted by Crippen LogP contribution is -2.48. The Labute approximate surface area is 154 Å². The van der Waals surface area contributed by atoms with Crippen molar-refractivity contribution in [3.8, 4) is 0 Å². The normalized spacial score (nSPS) is 21.0. The van der Waals surface area contributed by atoms with Gasteiger partial charge < -0.3 is 10.0 Å². The van der Waals surface area contributed by atoms with Crippen molar-refractivity contribution in [3.63, 3.8) is 0 Å². The number of nitrogens with zero attached hydrogens (tertiary/aromatic N) is 1. The molecule has 144 valence electrons. The van der Waals surface area contributed by atoms with E-state index in [-0.39, 0.29) is 23.3 Å². The van der Waals surface area contributed by atoms with Crippen LogP contribution in [0.2, 0.25) is 0 Å². The van der Waals surface area contributed by atoms with Crippen molar-refractivity contribution in [3.05, 3.63) is 29.8 Å². The number of aliphatic carboxylic acids is 1. The zero-order valence-corrected chi connectivity index (χ0v) is 16.2. The van der Waals surface area contributed by atoms with Crippen molar-refractivity contribution >= 4 is 21.9 Å². The molecule has 1 aromatic rings. The predicted molar refractivity (Wildman–Crippen MR) is 97.3 cm³/mol. The van der Waals surface area contributed by atoms with Crippen LogP contribution in [0.15, 0.2) is 29.2 Å². The molecule has 0 bridgehead atoms. The van der Waals surface area contributed by atoms with Crippen LogP contribution >= 0.6 is 0 Å². The Hall–Kier alpha value is -1.93. The molecular weight excluding hydrogens is 356 g/mol. The standard InChI is InChI=1S/C18H26N2O5S/c1-13(2)11-19-26(24,25)15-7-5-14(6-8-15)16(21)20-10-4-9-18(3,12-20)17(22)23/h5-8,13,19H,4,9-12H2,1-3H3,(H,22,23). The lowest BCUT2D eigenvalue weighted by atomic mass is 9.82. The Morgan fingerprint density at radius 3 is 2.42 bits per heavy atom. The minimum absolute atomic E-state index is 0.101. The van der Waals surface area contributed by atoms with Crippen molar-refractivity contribution in [1.29, 1.82) is 0 Å². The fourth-order valence-electron chi connectivity index (χ4n) is 2.91. The van der Waals surface area contributed by atoms with Gasteiger partial charge in [0.15, 0.2) is 0 Å². The summed E-state index contributed by atoms with van der Waals surface area (Å²) in [7, 11) is -3.61. The minimum Gasteiger partial charge on any atom is -0.481 e. The van der Waals surface area contributed by atoms with E-state index in [9.17, 15) is 23.1 Å².